The summed E-state index contributed by atoms with van der Waals surface area (Å²) in [6, 6.07) is 19.0. The second-order valence-electron chi connectivity index (χ2n) is 8.31. The van der Waals surface area contributed by atoms with Crippen LogP contribution in [-0.4, -0.2) is 47.9 Å². The van der Waals surface area contributed by atoms with E-state index in [4.69, 9.17) is 23.7 Å². The predicted octanol–water partition coefficient (Wildman–Crippen LogP) is 3.11. The lowest BCUT2D eigenvalue weighted by atomic mass is 10.00. The van der Waals surface area contributed by atoms with E-state index < -0.39 is 36.2 Å². The molecule has 0 bridgehead atoms. The molecule has 0 aromatic heterocycles. The zero-order valence-corrected chi connectivity index (χ0v) is 18.2. The van der Waals surface area contributed by atoms with Crippen molar-refractivity contribution in [3.8, 4) is 0 Å². The summed E-state index contributed by atoms with van der Waals surface area (Å²) in [7, 11) is 0. The van der Waals surface area contributed by atoms with Crippen LogP contribution in [0.2, 0.25) is 0 Å². The summed E-state index contributed by atoms with van der Waals surface area (Å²) in [6.07, 6.45) is -1.45. The second kappa shape index (κ2) is 9.83. The summed E-state index contributed by atoms with van der Waals surface area (Å²) in [6.45, 7) is 4.04. The van der Waals surface area contributed by atoms with E-state index in [2.05, 4.69) is 0 Å². The van der Waals surface area contributed by atoms with Crippen molar-refractivity contribution in [3.05, 3.63) is 83.6 Å². The van der Waals surface area contributed by atoms with Crippen LogP contribution in [-0.2, 0) is 41.7 Å². The number of aliphatic hydroxyl groups is 1. The van der Waals surface area contributed by atoms with Crippen molar-refractivity contribution in [2.45, 2.75) is 57.3 Å². The average molecular weight is 440 g/mol. The minimum atomic E-state index is -1.03. The molecule has 2 heterocycles. The molecule has 2 aliphatic rings. The van der Waals surface area contributed by atoms with E-state index in [9.17, 15) is 9.90 Å². The summed E-state index contributed by atoms with van der Waals surface area (Å²) in [4.78, 5) is 12.7. The molecule has 7 heteroatoms. The number of benzene rings is 2. The minimum Gasteiger partial charge on any atom is -0.478 e. The zero-order chi connectivity index (χ0) is 22.6. The van der Waals surface area contributed by atoms with Gasteiger partial charge in [-0.3, -0.25) is 0 Å². The minimum absolute atomic E-state index is 0.00408. The molecule has 1 fully saturated rings. The van der Waals surface area contributed by atoms with E-state index in [0.29, 0.717) is 6.61 Å². The maximum Gasteiger partial charge on any atom is 0.373 e. The maximum atomic E-state index is 12.7. The van der Waals surface area contributed by atoms with Gasteiger partial charge in [0, 0.05) is 0 Å². The first kappa shape index (κ1) is 22.5. The molecule has 2 aliphatic heterocycles. The van der Waals surface area contributed by atoms with Crippen LogP contribution >= 0.6 is 0 Å². The first-order chi connectivity index (χ1) is 15.4. The monoisotopic (exact) mass is 440 g/mol. The Bertz CT molecular complexity index is 926. The third-order valence-electron chi connectivity index (χ3n) is 5.26. The van der Waals surface area contributed by atoms with Crippen LogP contribution in [0.1, 0.15) is 25.0 Å². The standard InChI is InChI=1S/C25H28O7/c1-25(2)31-20-13-21(24(27)29-15-18-11-7-4-8-12-18)30-22(23(20)32-25)19(26)16-28-14-17-9-5-3-6-10-17/h3-13,19-20,22-23,26H,14-16H2,1-2H3/t19-,20-,22-,23-/m1/s1. The van der Waals surface area contributed by atoms with E-state index in [1.165, 1.54) is 0 Å². The van der Waals surface area contributed by atoms with Crippen molar-refractivity contribution in [1.29, 1.82) is 0 Å². The number of ether oxygens (including phenoxy) is 5. The molecule has 0 radical (unpaired) electrons. The number of fused-ring (bicyclic) bond motifs is 1. The molecule has 0 amide bonds. The fraction of sp³-hybridized carbons (Fsp3) is 0.400. The molecule has 2 aromatic carbocycles. The van der Waals surface area contributed by atoms with Gasteiger partial charge in [-0.25, -0.2) is 4.79 Å². The van der Waals surface area contributed by atoms with Gasteiger partial charge in [0.2, 0.25) is 5.76 Å². The molecule has 0 unspecified atom stereocenters. The molecule has 0 saturated carbocycles. The summed E-state index contributed by atoms with van der Waals surface area (Å²) >= 11 is 0. The Morgan fingerprint density at radius 3 is 2.28 bits per heavy atom. The fourth-order valence-electron chi connectivity index (χ4n) is 3.78. The first-order valence-electron chi connectivity index (χ1n) is 10.7. The summed E-state index contributed by atoms with van der Waals surface area (Å²) in [5, 5.41) is 10.8. The van der Waals surface area contributed by atoms with Gasteiger partial charge < -0.3 is 28.8 Å². The highest BCUT2D eigenvalue weighted by Crippen LogP contribution is 2.37. The van der Waals surface area contributed by atoms with Gasteiger partial charge in [-0.05, 0) is 31.1 Å². The Morgan fingerprint density at radius 2 is 1.62 bits per heavy atom. The van der Waals surface area contributed by atoms with E-state index in [-0.39, 0.29) is 19.0 Å². The number of esters is 1. The van der Waals surface area contributed by atoms with E-state index >= 15 is 0 Å². The van der Waals surface area contributed by atoms with Crippen LogP contribution in [0.3, 0.4) is 0 Å². The van der Waals surface area contributed by atoms with Crippen LogP contribution in [0, 0.1) is 0 Å². The molecule has 0 spiro atoms. The van der Waals surface area contributed by atoms with Crippen molar-refractivity contribution < 1.29 is 33.6 Å². The Balaban J connectivity index is 1.41. The second-order valence-corrected chi connectivity index (χ2v) is 8.31. The molecule has 1 N–H and O–H groups in total. The molecule has 0 aliphatic carbocycles. The molecule has 7 nitrogen and oxygen atoms in total. The Labute approximate surface area is 187 Å². The number of carbonyl (C=O) groups excluding carboxylic acids is 1. The van der Waals surface area contributed by atoms with Crippen molar-refractivity contribution in [2.75, 3.05) is 6.61 Å². The van der Waals surface area contributed by atoms with Gasteiger partial charge in [-0.1, -0.05) is 60.7 Å². The Hall–Kier alpha value is -2.71. The smallest absolute Gasteiger partial charge is 0.373 e. The third-order valence-corrected chi connectivity index (χ3v) is 5.26. The predicted molar refractivity (Wildman–Crippen MR) is 115 cm³/mol. The number of hydrogen-bond acceptors (Lipinski definition) is 7. The van der Waals surface area contributed by atoms with Crippen LogP contribution < -0.4 is 0 Å². The van der Waals surface area contributed by atoms with Crippen LogP contribution in [0.5, 0.6) is 0 Å². The SMILES string of the molecule is CC1(C)O[C@H]2[C@@H]([C@H](O)COCc3ccccc3)OC(C(=O)OCc3ccccc3)=C[C@H]2O1. The molecule has 2 aromatic rings. The van der Waals surface area contributed by atoms with Gasteiger partial charge in [0.1, 0.15) is 24.9 Å². The topological polar surface area (TPSA) is 83.5 Å². The van der Waals surface area contributed by atoms with Crippen LogP contribution in [0.15, 0.2) is 72.5 Å². The Kier molecular flexibility index (Phi) is 6.91. The van der Waals surface area contributed by atoms with Crippen molar-refractivity contribution in [2.24, 2.45) is 0 Å². The van der Waals surface area contributed by atoms with Gasteiger partial charge in [0.25, 0.3) is 0 Å². The lowest BCUT2D eigenvalue weighted by Gasteiger charge is -2.33. The van der Waals surface area contributed by atoms with E-state index in [0.717, 1.165) is 11.1 Å². The number of rotatable bonds is 8. The number of carbonyl (C=O) groups is 1. The maximum absolute atomic E-state index is 12.7. The van der Waals surface area contributed by atoms with Gasteiger partial charge in [0.15, 0.2) is 11.9 Å². The largest absolute Gasteiger partial charge is 0.478 e. The summed E-state index contributed by atoms with van der Waals surface area (Å²) in [5.41, 5.74) is 1.86. The first-order valence-corrected chi connectivity index (χ1v) is 10.7. The molecule has 32 heavy (non-hydrogen) atoms. The highest BCUT2D eigenvalue weighted by Gasteiger charge is 2.51. The number of aliphatic hydroxyl groups excluding tert-OH is 1. The summed E-state index contributed by atoms with van der Waals surface area (Å²) < 4.78 is 28.8. The van der Waals surface area contributed by atoms with Gasteiger partial charge in [-0.15, -0.1) is 0 Å². The van der Waals surface area contributed by atoms with Crippen LogP contribution in [0.4, 0.5) is 0 Å². The lowest BCUT2D eigenvalue weighted by molar-refractivity contribution is -0.171. The normalized spacial score (nSPS) is 24.7. The van der Waals surface area contributed by atoms with Gasteiger partial charge in [-0.2, -0.15) is 0 Å². The van der Waals surface area contributed by atoms with Gasteiger partial charge >= 0.3 is 5.97 Å². The third kappa shape index (κ3) is 5.55. The number of hydrogen-bond donors (Lipinski definition) is 1. The highest BCUT2D eigenvalue weighted by molar-refractivity contribution is 5.86. The van der Waals surface area contributed by atoms with E-state index in [1.807, 2.05) is 60.7 Å². The molecule has 170 valence electrons. The van der Waals surface area contributed by atoms with Crippen molar-refractivity contribution in [1.82, 2.24) is 0 Å². The lowest BCUT2D eigenvalue weighted by Crippen LogP contribution is -2.49. The van der Waals surface area contributed by atoms with Gasteiger partial charge in [0.05, 0.1) is 13.2 Å². The fourth-order valence-corrected chi connectivity index (χ4v) is 3.78. The quantitative estimate of drug-likeness (QED) is 0.632. The molecule has 4 atom stereocenters. The molecule has 1 saturated heterocycles. The zero-order valence-electron chi connectivity index (χ0n) is 18.2. The average Bonchev–Trinajstić information content (AvgIpc) is 3.11. The van der Waals surface area contributed by atoms with E-state index in [1.54, 1.807) is 19.9 Å². The highest BCUT2D eigenvalue weighted by atomic mass is 16.8. The molecule has 4 rings (SSSR count). The van der Waals surface area contributed by atoms with Crippen molar-refractivity contribution >= 4 is 5.97 Å². The van der Waals surface area contributed by atoms with Crippen molar-refractivity contribution in [3.63, 3.8) is 0 Å². The van der Waals surface area contributed by atoms with Crippen LogP contribution in [0.25, 0.3) is 0 Å². The summed E-state index contributed by atoms with van der Waals surface area (Å²) in [5.74, 6) is -1.50. The molecular weight excluding hydrogens is 412 g/mol. The molecular formula is C25H28O7. The Morgan fingerprint density at radius 1 is 1.00 bits per heavy atom.